The molecule has 0 radical (unpaired) electrons. The topological polar surface area (TPSA) is 184 Å². The molecular formula is C37H30N7O7+. The first-order chi connectivity index (χ1) is 25.0. The smallest absolute Gasteiger partial charge is 0.256 e. The molecule has 8 rings (SSSR count). The lowest BCUT2D eigenvalue weighted by Gasteiger charge is -2.06. The first kappa shape index (κ1) is 33.9. The molecule has 1 aliphatic rings. The number of phenols is 1. The van der Waals surface area contributed by atoms with Crippen LogP contribution in [0.5, 0.6) is 23.0 Å². The third-order valence-electron chi connectivity index (χ3n) is 6.96. The summed E-state index contributed by atoms with van der Waals surface area (Å²) in [5.74, 6) is 3.10. The molecule has 7 aromatic rings. The Bertz CT molecular complexity index is 2300. The summed E-state index contributed by atoms with van der Waals surface area (Å²) >= 11 is 0. The molecule has 14 heteroatoms. The van der Waals surface area contributed by atoms with Crippen molar-refractivity contribution in [1.29, 1.82) is 0 Å². The van der Waals surface area contributed by atoms with E-state index >= 15 is 0 Å². The van der Waals surface area contributed by atoms with Crippen LogP contribution in [0.15, 0.2) is 124 Å². The van der Waals surface area contributed by atoms with E-state index in [-0.39, 0.29) is 12.4 Å². The van der Waals surface area contributed by atoms with Gasteiger partial charge in [-0.15, -0.1) is 0 Å². The largest absolute Gasteiger partial charge is 0.508 e. The number of fused-ring (bicyclic) bond motifs is 2. The maximum absolute atomic E-state index is 9.31. The van der Waals surface area contributed by atoms with Crippen molar-refractivity contribution in [2.24, 2.45) is 4.99 Å². The fourth-order valence-corrected chi connectivity index (χ4v) is 4.46. The molecule has 0 saturated carbocycles. The lowest BCUT2D eigenvalue weighted by atomic mass is 10.2. The molecule has 0 fully saturated rings. The van der Waals surface area contributed by atoms with Crippen molar-refractivity contribution in [3.05, 3.63) is 127 Å². The first-order valence-electron chi connectivity index (χ1n) is 15.3. The summed E-state index contributed by atoms with van der Waals surface area (Å²) in [5, 5.41) is 18.0. The van der Waals surface area contributed by atoms with Crippen molar-refractivity contribution in [2.45, 2.75) is 13.2 Å². The number of phenolic OH excluding ortho intramolecular Hbond substituents is 1. The van der Waals surface area contributed by atoms with Crippen molar-refractivity contribution in [1.82, 2.24) is 29.9 Å². The minimum absolute atomic E-state index is 0.00417. The van der Waals surface area contributed by atoms with Crippen molar-refractivity contribution >= 4 is 34.1 Å². The standard InChI is InChI=1S/C18H14N4O3.C12H6N2O2.C7H9NO2/c1-23-14-5-12(7-20-9-14)11-24-15-6-16-18(21-10-15)25-17(22-16)13-3-2-4-19-8-13;15-9-3-4-11-10(6-9)14-12(16-11)8-2-1-5-13-7-8;1-10-7-2-6(5-9)3-8-4-7/h2-10H,11H2,1H3;1-4,6-7H;2-4,9H,5H2,1H3/p+1. The van der Waals surface area contributed by atoms with Gasteiger partial charge in [-0.25, -0.2) is 15.0 Å². The molecule has 0 unspecified atom stereocenters. The number of methoxy groups -OCH3 is 2. The number of rotatable bonds is 8. The third-order valence-corrected chi connectivity index (χ3v) is 6.96. The van der Waals surface area contributed by atoms with E-state index in [1.54, 1.807) is 100 Å². The molecule has 0 aliphatic carbocycles. The van der Waals surface area contributed by atoms with E-state index in [2.05, 4.69) is 41.1 Å². The van der Waals surface area contributed by atoms with Gasteiger partial charge in [-0.3, -0.25) is 15.0 Å². The van der Waals surface area contributed by atoms with Crippen molar-refractivity contribution in [2.75, 3.05) is 14.2 Å². The Morgan fingerprint density at radius 2 is 1.55 bits per heavy atom. The van der Waals surface area contributed by atoms with Gasteiger partial charge in [0.25, 0.3) is 5.89 Å². The summed E-state index contributed by atoms with van der Waals surface area (Å²) in [5.41, 5.74) is 5.59. The number of benzene rings is 1. The van der Waals surface area contributed by atoms with Gasteiger partial charge in [0.15, 0.2) is 23.6 Å². The number of aliphatic hydroxyl groups excluding tert-OH is 1. The van der Waals surface area contributed by atoms with E-state index in [9.17, 15) is 5.11 Å². The second kappa shape index (κ2) is 16.4. The summed E-state index contributed by atoms with van der Waals surface area (Å²) in [6, 6.07) is 13.9. The van der Waals surface area contributed by atoms with Crippen LogP contribution >= 0.6 is 0 Å². The molecule has 2 N–H and O–H groups in total. The molecule has 0 spiro atoms. The maximum Gasteiger partial charge on any atom is 0.256 e. The van der Waals surface area contributed by atoms with Crippen LogP contribution in [0.3, 0.4) is 0 Å². The first-order valence-corrected chi connectivity index (χ1v) is 15.3. The van der Waals surface area contributed by atoms with Crippen LogP contribution < -0.4 is 14.2 Å². The van der Waals surface area contributed by atoms with Crippen LogP contribution in [0.2, 0.25) is 0 Å². The molecule has 1 aliphatic heterocycles. The van der Waals surface area contributed by atoms with Gasteiger partial charge in [-0.2, -0.15) is 0 Å². The number of aromatic nitrogens is 6. The number of ether oxygens (including phenoxy) is 3. The van der Waals surface area contributed by atoms with Crippen LogP contribution in [-0.2, 0) is 13.2 Å². The average Bonchev–Trinajstić information content (AvgIpc) is 3.82. The number of nitrogens with zero attached hydrogens (tertiary/aromatic N) is 7. The van der Waals surface area contributed by atoms with E-state index in [0.29, 0.717) is 58.0 Å². The number of oxazole rings is 2. The van der Waals surface area contributed by atoms with E-state index in [1.807, 2.05) is 24.3 Å². The van der Waals surface area contributed by atoms with Crippen molar-refractivity contribution in [3.8, 4) is 34.5 Å². The van der Waals surface area contributed by atoms with E-state index in [4.69, 9.17) is 28.2 Å². The zero-order valence-corrected chi connectivity index (χ0v) is 27.4. The van der Waals surface area contributed by atoms with E-state index < -0.39 is 0 Å². The molecule has 0 saturated heterocycles. The molecule has 14 nitrogen and oxygen atoms in total. The normalized spacial score (nSPS) is 11.5. The van der Waals surface area contributed by atoms with Crippen LogP contribution in [-0.4, -0.2) is 60.6 Å². The minimum atomic E-state index is 0.00417. The minimum Gasteiger partial charge on any atom is -0.508 e. The molecule has 7 heterocycles. The zero-order valence-electron chi connectivity index (χ0n) is 27.4. The van der Waals surface area contributed by atoms with Gasteiger partial charge >= 0.3 is 0 Å². The Labute approximate surface area is 291 Å². The predicted octanol–water partition coefficient (Wildman–Crippen LogP) is 6.24. The van der Waals surface area contributed by atoms with Gasteiger partial charge < -0.3 is 33.3 Å². The highest BCUT2D eigenvalue weighted by Crippen LogP contribution is 2.26. The summed E-state index contributed by atoms with van der Waals surface area (Å²) in [7, 11) is 3.17. The van der Waals surface area contributed by atoms with Gasteiger partial charge in [0.2, 0.25) is 11.6 Å². The molecule has 6 aromatic heterocycles. The SMILES string of the molecule is COc1cncc(CO)c1.COc1cncc(COc2cnc3oc(-c4cccnc4)nc3c2)c1.Oc1ccc2oc(C3=CN=[C+]C=C3)nc2c1. The second-order valence-electron chi connectivity index (χ2n) is 10.5. The van der Waals surface area contributed by atoms with Gasteiger partial charge in [-0.1, -0.05) is 4.99 Å². The maximum atomic E-state index is 9.31. The molecule has 1 aromatic carbocycles. The fraction of sp³-hybridized carbons (Fsp3) is 0.108. The lowest BCUT2D eigenvalue weighted by molar-refractivity contribution is 0.280. The molecule has 51 heavy (non-hydrogen) atoms. The van der Waals surface area contributed by atoms with Crippen molar-refractivity contribution < 1.29 is 33.3 Å². The Balaban J connectivity index is 0.000000147. The van der Waals surface area contributed by atoms with E-state index in [0.717, 1.165) is 22.3 Å². The van der Waals surface area contributed by atoms with E-state index in [1.165, 1.54) is 0 Å². The molecule has 0 atom stereocenters. The summed E-state index contributed by atoms with van der Waals surface area (Å²) in [6.07, 6.45) is 19.4. The highest BCUT2D eigenvalue weighted by molar-refractivity contribution is 5.85. The fourth-order valence-electron chi connectivity index (χ4n) is 4.46. The monoisotopic (exact) mass is 684 g/mol. The summed E-state index contributed by atoms with van der Waals surface area (Å²) in [6.45, 7) is 0.356. The van der Waals surface area contributed by atoms with Gasteiger partial charge in [0.1, 0.15) is 46.7 Å². The summed E-state index contributed by atoms with van der Waals surface area (Å²) in [4.78, 5) is 28.8. The Morgan fingerprint density at radius 3 is 2.27 bits per heavy atom. The molecule has 254 valence electrons. The second-order valence-corrected chi connectivity index (χ2v) is 10.5. The van der Waals surface area contributed by atoms with Crippen LogP contribution in [0.4, 0.5) is 0 Å². The number of pyridine rings is 4. The van der Waals surface area contributed by atoms with Crippen LogP contribution in [0.1, 0.15) is 17.0 Å². The van der Waals surface area contributed by atoms with Gasteiger partial charge in [0.05, 0.1) is 51.1 Å². The van der Waals surface area contributed by atoms with Crippen LogP contribution in [0.25, 0.3) is 39.4 Å². The third kappa shape index (κ3) is 8.91. The number of aromatic hydroxyl groups is 1. The van der Waals surface area contributed by atoms with Crippen molar-refractivity contribution in [3.63, 3.8) is 0 Å². The molecule has 0 amide bonds. The summed E-state index contributed by atoms with van der Waals surface area (Å²) < 4.78 is 27.0. The quantitative estimate of drug-likeness (QED) is 0.172. The number of aliphatic imine (C=N–C) groups is 1. The Morgan fingerprint density at radius 1 is 0.765 bits per heavy atom. The highest BCUT2D eigenvalue weighted by atomic mass is 16.5. The molecule has 0 bridgehead atoms. The number of hydrogen-bond donors (Lipinski definition) is 2. The Kier molecular flexibility index (Phi) is 10.9. The van der Waals surface area contributed by atoms with Gasteiger partial charge in [0, 0.05) is 42.5 Å². The van der Waals surface area contributed by atoms with Crippen LogP contribution in [0, 0.1) is 0 Å². The predicted molar refractivity (Wildman–Crippen MR) is 187 cm³/mol. The van der Waals surface area contributed by atoms with Gasteiger partial charge in [-0.05, 0) is 42.0 Å². The zero-order chi connectivity index (χ0) is 35.4. The lowest BCUT2D eigenvalue weighted by Crippen LogP contribution is -1.97. The average molecular weight is 685 g/mol. The Hall–Kier alpha value is -7.02. The number of aliphatic hydroxyl groups is 1. The number of hydrogen-bond acceptors (Lipinski definition) is 14. The highest BCUT2D eigenvalue weighted by Gasteiger charge is 2.15. The molecular weight excluding hydrogens is 654 g/mol. The number of allylic oxidation sites excluding steroid dienone is 3.